The quantitative estimate of drug-likeness (QED) is 0.140. The molecule has 85 heavy (non-hydrogen) atoms. The molecule has 0 bridgehead atoms. The van der Waals surface area contributed by atoms with E-state index in [-0.39, 0.29) is 0 Å². The Kier molecular flexibility index (Phi) is 10.8. The van der Waals surface area contributed by atoms with Gasteiger partial charge in [-0.15, -0.1) is 22.7 Å². The molecule has 0 aliphatic heterocycles. The Balaban J connectivity index is 0.880. The van der Waals surface area contributed by atoms with E-state index < -0.39 is 0 Å². The SMILES string of the molecule is c1ccc(-c2c3ccccc3c(-c3cccc(-n4c5ccc(-c6cc(-c7ccc8ccccc8c7)c7sc8ccccc8c7c6)cc5c5cc(-c6cc(-c7ccc8ccccc8c7)c7sc8ccccc8c7c6)ccc54)c3)c3ccccc23)cc1. The van der Waals surface area contributed by atoms with Crippen LogP contribution in [0.25, 0.3) is 178 Å². The van der Waals surface area contributed by atoms with Crippen LogP contribution in [-0.2, 0) is 0 Å². The number of nitrogens with zero attached hydrogens (tertiary/aromatic N) is 1. The normalized spacial score (nSPS) is 12.0. The van der Waals surface area contributed by atoms with Gasteiger partial charge in [0.1, 0.15) is 0 Å². The van der Waals surface area contributed by atoms with Crippen LogP contribution >= 0.6 is 22.7 Å². The van der Waals surface area contributed by atoms with Crippen LogP contribution in [0.3, 0.4) is 0 Å². The molecule has 18 rings (SSSR count). The average Bonchev–Trinajstić information content (AvgIpc) is 2.12. The fraction of sp³-hybridized carbons (Fsp3) is 0. The van der Waals surface area contributed by atoms with Crippen molar-refractivity contribution >= 4 is 128 Å². The molecule has 394 valence electrons. The van der Waals surface area contributed by atoms with Crippen molar-refractivity contribution in [1.29, 1.82) is 0 Å². The first kappa shape index (κ1) is 48.1. The van der Waals surface area contributed by atoms with Crippen molar-refractivity contribution in [3.8, 4) is 72.4 Å². The molecule has 0 saturated carbocycles. The van der Waals surface area contributed by atoms with Crippen LogP contribution in [0.5, 0.6) is 0 Å². The zero-order valence-corrected chi connectivity index (χ0v) is 47.7. The first-order valence-corrected chi connectivity index (χ1v) is 30.8. The van der Waals surface area contributed by atoms with E-state index >= 15 is 0 Å². The topological polar surface area (TPSA) is 4.93 Å². The third kappa shape index (κ3) is 7.68. The van der Waals surface area contributed by atoms with E-state index in [1.807, 2.05) is 22.7 Å². The zero-order chi connectivity index (χ0) is 55.7. The highest BCUT2D eigenvalue weighted by molar-refractivity contribution is 7.26. The monoisotopic (exact) mass is 1110 g/mol. The molecule has 3 aromatic heterocycles. The van der Waals surface area contributed by atoms with Gasteiger partial charge in [-0.1, -0.05) is 212 Å². The number of hydrogen-bond acceptors (Lipinski definition) is 2. The van der Waals surface area contributed by atoms with Gasteiger partial charge in [0, 0.05) is 67.9 Å². The summed E-state index contributed by atoms with van der Waals surface area (Å²) in [4.78, 5) is 0. The van der Waals surface area contributed by atoms with Crippen molar-refractivity contribution in [2.75, 3.05) is 0 Å². The number of fused-ring (bicyclic) bond motifs is 13. The molecule has 0 amide bonds. The maximum atomic E-state index is 2.51. The van der Waals surface area contributed by atoms with Crippen LogP contribution in [0.2, 0.25) is 0 Å². The molecule has 18 aromatic rings. The van der Waals surface area contributed by atoms with Crippen molar-refractivity contribution < 1.29 is 0 Å². The van der Waals surface area contributed by atoms with Gasteiger partial charge in [0.15, 0.2) is 0 Å². The first-order valence-electron chi connectivity index (χ1n) is 29.2. The summed E-state index contributed by atoms with van der Waals surface area (Å²) in [6.45, 7) is 0. The lowest BCUT2D eigenvalue weighted by molar-refractivity contribution is 1.18. The van der Waals surface area contributed by atoms with Gasteiger partial charge >= 0.3 is 0 Å². The predicted octanol–water partition coefficient (Wildman–Crippen LogP) is 24.1. The number of thiophene rings is 2. The number of rotatable bonds is 7. The van der Waals surface area contributed by atoms with Crippen molar-refractivity contribution in [2.24, 2.45) is 0 Å². The van der Waals surface area contributed by atoms with Crippen molar-refractivity contribution in [1.82, 2.24) is 4.57 Å². The van der Waals surface area contributed by atoms with Gasteiger partial charge in [-0.25, -0.2) is 0 Å². The van der Waals surface area contributed by atoms with Gasteiger partial charge in [-0.3, -0.25) is 0 Å². The van der Waals surface area contributed by atoms with E-state index in [1.54, 1.807) is 0 Å². The van der Waals surface area contributed by atoms with Gasteiger partial charge < -0.3 is 4.57 Å². The standard InChI is InChI=1S/C82H49NS2/c1-2-19-52(20-3-1)79-65-27-8-10-29-67(65)80(68-30-11-9-28-66(68)79)59-23-16-24-62(43-59)83-75-39-37-55(60-46-69(57-35-33-50-17-4-6-21-53(50)41-57)81-73(48-60)63-25-12-14-31-77(63)84-81)44-71(75)72-45-56(38-40-76(72)83)61-47-70(58-36-34-51-18-5-7-22-54(51)42-58)82-74(49-61)64-26-13-15-32-78(64)85-82/h1-49H. The zero-order valence-electron chi connectivity index (χ0n) is 46.1. The van der Waals surface area contributed by atoms with Crippen LogP contribution in [0.4, 0.5) is 0 Å². The highest BCUT2D eigenvalue weighted by Crippen LogP contribution is 2.49. The Morgan fingerprint density at radius 3 is 1.12 bits per heavy atom. The van der Waals surface area contributed by atoms with E-state index in [0.29, 0.717) is 0 Å². The molecule has 0 atom stereocenters. The van der Waals surface area contributed by atoms with Gasteiger partial charge in [-0.2, -0.15) is 0 Å². The Labute approximate surface area is 498 Å². The molecule has 0 aliphatic rings. The largest absolute Gasteiger partial charge is 0.309 e. The van der Waals surface area contributed by atoms with Crippen molar-refractivity contribution in [2.45, 2.75) is 0 Å². The molecule has 3 heteroatoms. The third-order valence-electron chi connectivity index (χ3n) is 17.9. The Morgan fingerprint density at radius 2 is 0.612 bits per heavy atom. The summed E-state index contributed by atoms with van der Waals surface area (Å²) in [5, 5.41) is 17.6. The lowest BCUT2D eigenvalue weighted by Crippen LogP contribution is -1.96. The van der Waals surface area contributed by atoms with Crippen LogP contribution in [0, 0.1) is 0 Å². The minimum Gasteiger partial charge on any atom is -0.309 e. The smallest absolute Gasteiger partial charge is 0.0541 e. The molecule has 0 fully saturated rings. The Hall–Kier alpha value is -10.4. The summed E-state index contributed by atoms with van der Waals surface area (Å²) >= 11 is 3.79. The lowest BCUT2D eigenvalue weighted by Gasteiger charge is -2.18. The van der Waals surface area contributed by atoms with Crippen molar-refractivity contribution in [3.05, 3.63) is 297 Å². The minimum absolute atomic E-state index is 1.12. The fourth-order valence-corrected chi connectivity index (χ4v) is 16.4. The number of benzene rings is 15. The highest BCUT2D eigenvalue weighted by Gasteiger charge is 2.22. The molecule has 0 unspecified atom stereocenters. The van der Waals surface area contributed by atoms with Gasteiger partial charge in [0.05, 0.1) is 11.0 Å². The summed E-state index contributed by atoms with van der Waals surface area (Å²) < 4.78 is 7.75. The van der Waals surface area contributed by atoms with E-state index in [0.717, 1.165) is 16.7 Å². The maximum Gasteiger partial charge on any atom is 0.0541 e. The number of aromatic nitrogens is 1. The van der Waals surface area contributed by atoms with E-state index in [9.17, 15) is 0 Å². The second-order valence-corrected chi connectivity index (χ2v) is 24.8. The van der Waals surface area contributed by atoms with E-state index in [4.69, 9.17) is 0 Å². The molecule has 0 spiro atoms. The summed E-state index contributed by atoms with van der Waals surface area (Å²) in [5.74, 6) is 0. The van der Waals surface area contributed by atoms with E-state index in [2.05, 4.69) is 302 Å². The molecule has 0 saturated heterocycles. The summed E-state index contributed by atoms with van der Waals surface area (Å²) in [6, 6.07) is 111. The predicted molar refractivity (Wildman–Crippen MR) is 369 cm³/mol. The third-order valence-corrected chi connectivity index (χ3v) is 20.3. The fourth-order valence-electron chi connectivity index (χ4n) is 13.9. The first-order chi connectivity index (χ1) is 42.1. The summed E-state index contributed by atoms with van der Waals surface area (Å²) in [6.07, 6.45) is 0. The van der Waals surface area contributed by atoms with Gasteiger partial charge in [-0.05, 0) is 184 Å². The molecule has 0 radical (unpaired) electrons. The minimum atomic E-state index is 1.12. The van der Waals surface area contributed by atoms with Crippen LogP contribution < -0.4 is 0 Å². The van der Waals surface area contributed by atoms with Crippen LogP contribution in [0.1, 0.15) is 0 Å². The number of hydrogen-bond donors (Lipinski definition) is 0. The second kappa shape index (κ2) is 19.1. The maximum absolute atomic E-state index is 2.51. The van der Waals surface area contributed by atoms with Crippen molar-refractivity contribution in [3.63, 3.8) is 0 Å². The van der Waals surface area contributed by atoms with Gasteiger partial charge in [0.25, 0.3) is 0 Å². The molecule has 3 heterocycles. The molecule has 0 N–H and O–H groups in total. The summed E-state index contributed by atoms with van der Waals surface area (Å²) in [7, 11) is 0. The Morgan fingerprint density at radius 1 is 0.212 bits per heavy atom. The average molecular weight is 1110 g/mol. The van der Waals surface area contributed by atoms with Crippen LogP contribution in [-0.4, -0.2) is 4.57 Å². The van der Waals surface area contributed by atoms with Crippen LogP contribution in [0.15, 0.2) is 297 Å². The molecular formula is C82H49NS2. The molecular weight excluding hydrogens is 1060 g/mol. The summed E-state index contributed by atoms with van der Waals surface area (Å²) in [5.41, 5.74) is 18.1. The second-order valence-electron chi connectivity index (χ2n) is 22.7. The molecule has 0 aliphatic carbocycles. The Bertz CT molecular complexity index is 5480. The van der Waals surface area contributed by atoms with Gasteiger partial charge in [0.2, 0.25) is 0 Å². The lowest BCUT2D eigenvalue weighted by atomic mass is 9.86. The molecule has 15 aromatic carbocycles. The van der Waals surface area contributed by atoms with E-state index in [1.165, 1.54) is 161 Å². The molecule has 1 nitrogen and oxygen atoms in total. The highest BCUT2D eigenvalue weighted by atomic mass is 32.1.